The highest BCUT2D eigenvalue weighted by molar-refractivity contribution is 5.98. The van der Waals surface area contributed by atoms with E-state index in [2.05, 4.69) is 21.3 Å². The van der Waals surface area contributed by atoms with Crippen LogP contribution in [0.3, 0.4) is 0 Å². The van der Waals surface area contributed by atoms with Crippen molar-refractivity contribution in [3.8, 4) is 0 Å². The summed E-state index contributed by atoms with van der Waals surface area (Å²) < 4.78 is 1.53. The van der Waals surface area contributed by atoms with Gasteiger partial charge in [0.25, 0.3) is 5.56 Å². The minimum Gasteiger partial charge on any atom is -0.344 e. The summed E-state index contributed by atoms with van der Waals surface area (Å²) in [6, 6.07) is 19.7. The Hall–Kier alpha value is -4.24. The Balaban J connectivity index is 1.42. The van der Waals surface area contributed by atoms with Crippen LogP contribution in [-0.2, 0) is 33.8 Å². The number of rotatable bonds is 11. The summed E-state index contributed by atoms with van der Waals surface area (Å²) in [5.41, 5.74) is 3.43. The summed E-state index contributed by atoms with van der Waals surface area (Å²) in [5.74, 6) is -0.950. The largest absolute Gasteiger partial charge is 0.344 e. The molecule has 1 fully saturated rings. The second-order valence-corrected chi connectivity index (χ2v) is 12.3. The van der Waals surface area contributed by atoms with Crippen LogP contribution in [0, 0.1) is 5.92 Å². The molecule has 0 spiro atoms. The fourth-order valence-electron chi connectivity index (χ4n) is 6.62. The first-order valence-electron chi connectivity index (χ1n) is 16.3. The fourth-order valence-corrected chi connectivity index (χ4v) is 6.62. The van der Waals surface area contributed by atoms with E-state index in [1.165, 1.54) is 4.57 Å². The van der Waals surface area contributed by atoms with E-state index < -0.39 is 23.6 Å². The molecule has 2 aliphatic rings. The molecule has 3 amide bonds. The summed E-state index contributed by atoms with van der Waals surface area (Å²) >= 11 is 0. The third-order valence-electron chi connectivity index (χ3n) is 9.26. The van der Waals surface area contributed by atoms with Gasteiger partial charge in [-0.25, -0.2) is 0 Å². The molecule has 45 heavy (non-hydrogen) atoms. The second kappa shape index (κ2) is 15.2. The minimum atomic E-state index is -0.752. The molecule has 0 unspecified atom stereocenters. The molecular weight excluding hydrogens is 566 g/mol. The summed E-state index contributed by atoms with van der Waals surface area (Å²) in [5, 5.41) is 11.9. The highest BCUT2D eigenvalue weighted by Crippen LogP contribution is 2.28. The number of carbonyl (C=O) groups excluding carboxylic acids is 3. The van der Waals surface area contributed by atoms with Crippen molar-refractivity contribution in [2.45, 2.75) is 89.4 Å². The van der Waals surface area contributed by atoms with Crippen LogP contribution in [0.5, 0.6) is 0 Å². The molecule has 2 aliphatic carbocycles. The Bertz CT molecular complexity index is 1490. The molecular formula is C36H45N5O4. The van der Waals surface area contributed by atoms with E-state index >= 15 is 0 Å². The van der Waals surface area contributed by atoms with Crippen molar-refractivity contribution in [3.05, 3.63) is 99.5 Å². The van der Waals surface area contributed by atoms with Crippen molar-refractivity contribution in [2.75, 3.05) is 12.4 Å². The summed E-state index contributed by atoms with van der Waals surface area (Å²) in [6.07, 6.45) is 8.13. The smallest absolute Gasteiger partial charge is 0.275 e. The van der Waals surface area contributed by atoms with Crippen LogP contribution in [0.4, 0.5) is 5.69 Å². The predicted octanol–water partition coefficient (Wildman–Crippen LogP) is 4.24. The summed E-state index contributed by atoms with van der Waals surface area (Å²) in [6.45, 7) is 1.59. The van der Waals surface area contributed by atoms with E-state index in [0.717, 1.165) is 73.8 Å². The van der Waals surface area contributed by atoms with Gasteiger partial charge in [-0.1, -0.05) is 79.9 Å². The van der Waals surface area contributed by atoms with Crippen LogP contribution in [0.2, 0.25) is 0 Å². The van der Waals surface area contributed by atoms with Crippen LogP contribution in [-0.4, -0.2) is 41.4 Å². The van der Waals surface area contributed by atoms with E-state index in [-0.39, 0.29) is 36.0 Å². The first-order valence-corrected chi connectivity index (χ1v) is 16.3. The first kappa shape index (κ1) is 32.2. The van der Waals surface area contributed by atoms with Crippen LogP contribution in [0.1, 0.15) is 80.3 Å². The molecule has 2 aromatic carbocycles. The number of nitrogens with one attached hydrogen (secondary N) is 4. The molecule has 238 valence electrons. The van der Waals surface area contributed by atoms with Gasteiger partial charge in [-0.05, 0) is 81.2 Å². The number of nitrogens with zero attached hydrogens (tertiary/aromatic N) is 1. The maximum atomic E-state index is 14.0. The molecule has 4 N–H and O–H groups in total. The van der Waals surface area contributed by atoms with Gasteiger partial charge in [0.1, 0.15) is 18.3 Å². The zero-order valence-corrected chi connectivity index (χ0v) is 26.3. The Labute approximate surface area is 265 Å². The third kappa shape index (κ3) is 7.89. The van der Waals surface area contributed by atoms with Crippen LogP contribution in [0.15, 0.2) is 71.5 Å². The van der Waals surface area contributed by atoms with Crippen LogP contribution >= 0.6 is 0 Å². The summed E-state index contributed by atoms with van der Waals surface area (Å²) in [7, 11) is 1.70. The molecule has 2 atom stereocenters. The molecule has 0 bridgehead atoms. The normalized spacial score (nSPS) is 16.3. The van der Waals surface area contributed by atoms with Gasteiger partial charge in [0.2, 0.25) is 17.7 Å². The van der Waals surface area contributed by atoms with Gasteiger partial charge in [0, 0.05) is 5.69 Å². The van der Waals surface area contributed by atoms with Crippen molar-refractivity contribution in [1.29, 1.82) is 0 Å². The fraction of sp³-hybridized carbons (Fsp3) is 0.444. The number of benzene rings is 2. The third-order valence-corrected chi connectivity index (χ3v) is 9.26. The lowest BCUT2D eigenvalue weighted by atomic mass is 9.83. The molecule has 0 saturated heterocycles. The number of fused-ring (bicyclic) bond motifs is 1. The SMILES string of the molecule is CN[C@@H](C)C(=O)N[C@H](C(=O)Nc1cc2c(n(CC(=O)NC(c3ccccc3)c3ccccc3)c1=O)CCCC2)C1CCCCC1. The number of hydrogen-bond donors (Lipinski definition) is 4. The van der Waals surface area contributed by atoms with Crippen molar-refractivity contribution in [1.82, 2.24) is 20.5 Å². The van der Waals surface area contributed by atoms with Gasteiger partial charge in [0.15, 0.2) is 0 Å². The number of amides is 3. The van der Waals surface area contributed by atoms with Gasteiger partial charge in [0.05, 0.1) is 12.1 Å². The number of anilines is 1. The number of aromatic nitrogens is 1. The monoisotopic (exact) mass is 611 g/mol. The van der Waals surface area contributed by atoms with Gasteiger partial charge in [-0.2, -0.15) is 0 Å². The van der Waals surface area contributed by atoms with Crippen molar-refractivity contribution >= 4 is 23.4 Å². The van der Waals surface area contributed by atoms with E-state index in [0.29, 0.717) is 6.42 Å². The molecule has 0 radical (unpaired) electrons. The molecule has 5 rings (SSSR count). The van der Waals surface area contributed by atoms with Crippen molar-refractivity contribution in [2.24, 2.45) is 5.92 Å². The van der Waals surface area contributed by atoms with Crippen LogP contribution in [0.25, 0.3) is 0 Å². The second-order valence-electron chi connectivity index (χ2n) is 12.3. The maximum absolute atomic E-state index is 14.0. The Kier molecular flexibility index (Phi) is 10.8. The Morgan fingerprint density at radius 2 is 1.44 bits per heavy atom. The quantitative estimate of drug-likeness (QED) is 0.259. The van der Waals surface area contributed by atoms with Gasteiger partial charge < -0.3 is 25.8 Å². The molecule has 1 heterocycles. The number of pyridine rings is 1. The molecule has 9 nitrogen and oxygen atoms in total. The Morgan fingerprint density at radius 1 is 0.822 bits per heavy atom. The molecule has 1 saturated carbocycles. The minimum absolute atomic E-state index is 0.00899. The first-order chi connectivity index (χ1) is 21.9. The van der Waals surface area contributed by atoms with Gasteiger partial charge in [-0.3, -0.25) is 19.2 Å². The lowest BCUT2D eigenvalue weighted by Crippen LogP contribution is -2.53. The lowest BCUT2D eigenvalue weighted by Gasteiger charge is -2.31. The van der Waals surface area contributed by atoms with Crippen molar-refractivity contribution < 1.29 is 14.4 Å². The number of aryl methyl sites for hydroxylation is 1. The zero-order chi connectivity index (χ0) is 31.8. The number of likely N-dealkylation sites (N-methyl/N-ethyl adjacent to an activating group) is 1. The maximum Gasteiger partial charge on any atom is 0.275 e. The number of carbonyl (C=O) groups is 3. The molecule has 3 aromatic rings. The van der Waals surface area contributed by atoms with E-state index in [1.807, 2.05) is 60.7 Å². The Morgan fingerprint density at radius 3 is 2.07 bits per heavy atom. The van der Waals surface area contributed by atoms with E-state index in [1.54, 1.807) is 20.0 Å². The van der Waals surface area contributed by atoms with Crippen LogP contribution < -0.4 is 26.8 Å². The highest BCUT2D eigenvalue weighted by atomic mass is 16.2. The van der Waals surface area contributed by atoms with Gasteiger partial charge in [-0.15, -0.1) is 0 Å². The zero-order valence-electron chi connectivity index (χ0n) is 26.3. The van der Waals surface area contributed by atoms with Gasteiger partial charge >= 0.3 is 0 Å². The van der Waals surface area contributed by atoms with E-state index in [9.17, 15) is 19.2 Å². The van der Waals surface area contributed by atoms with E-state index in [4.69, 9.17) is 0 Å². The number of hydrogen-bond acceptors (Lipinski definition) is 5. The molecule has 9 heteroatoms. The molecule has 0 aliphatic heterocycles. The molecule has 1 aromatic heterocycles. The average molecular weight is 612 g/mol. The standard InChI is InChI=1S/C36H45N5O4/c1-24(37-2)34(43)40-33(27-18-10-5-11-19-27)35(44)38-29-22-28-20-12-13-21-30(28)41(36(29)45)23-31(42)39-32(25-14-6-3-7-15-25)26-16-8-4-9-17-26/h3-4,6-9,14-17,22,24,27,32-33,37H,5,10-13,18-21,23H2,1-2H3,(H,38,44)(H,39,42)(H,40,43)/t24-,33-/m0/s1. The topological polar surface area (TPSA) is 121 Å². The highest BCUT2D eigenvalue weighted by Gasteiger charge is 2.33. The van der Waals surface area contributed by atoms with Crippen molar-refractivity contribution in [3.63, 3.8) is 0 Å². The average Bonchev–Trinajstić information content (AvgIpc) is 3.08. The summed E-state index contributed by atoms with van der Waals surface area (Å²) in [4.78, 5) is 54.3. The lowest BCUT2D eigenvalue weighted by molar-refractivity contribution is -0.128. The predicted molar refractivity (Wildman–Crippen MR) is 176 cm³/mol.